The van der Waals surface area contributed by atoms with Crippen molar-refractivity contribution in [3.05, 3.63) is 139 Å². The van der Waals surface area contributed by atoms with Gasteiger partial charge in [0.05, 0.1) is 10.8 Å². The molecule has 0 radical (unpaired) electrons. The molecular weight excluding hydrogens is 791 g/mol. The molecule has 2 saturated carbocycles. The molecule has 0 amide bonds. The van der Waals surface area contributed by atoms with Crippen LogP contribution in [0.1, 0.15) is 101 Å². The first kappa shape index (κ1) is 42.7. The van der Waals surface area contributed by atoms with Crippen molar-refractivity contribution in [2.45, 2.75) is 69.8 Å². The van der Waals surface area contributed by atoms with E-state index in [4.69, 9.17) is 34.8 Å². The summed E-state index contributed by atoms with van der Waals surface area (Å²) in [5.41, 5.74) is 1.54. The number of rotatable bonds is 7. The van der Waals surface area contributed by atoms with Gasteiger partial charge in [-0.25, -0.2) is 0 Å². The molecule has 2 fully saturated rings. The third kappa shape index (κ3) is 11.8. The SMILES string of the molecule is O=C(C#CC1CCCCC1)c1cccnc1.O=C(C1=C(C2CCCCC2)SCC1(O)c1ccc(Cl)cc1)c1cccnc1.O=C(CS)c1ccc(Cl)cc1Cl. The van der Waals surface area contributed by atoms with Crippen LogP contribution in [0.3, 0.4) is 0 Å². The standard InChI is InChI=1S/C22H22ClNO2S.C14H15NO.C8H6Cl2OS/c23-18-10-8-17(9-11-18)22(26)14-27-21(15-5-2-1-3-6-15)19(22)20(25)16-7-4-12-24-13-16;16-14(13-7-4-10-15-11-13)9-8-12-5-2-1-3-6-12;9-5-1-2-6(7(10)3-5)8(11)4-12/h4,7-13,15,26H,1-3,5-6,14H2;4,7,10-12H,1-3,5-6H2;1-3,12H,4H2. The normalized spacial score (nSPS) is 18.5. The fourth-order valence-electron chi connectivity index (χ4n) is 6.90. The van der Waals surface area contributed by atoms with Crippen LogP contribution in [0.4, 0.5) is 0 Å². The Balaban J connectivity index is 0.000000176. The third-order valence-electron chi connectivity index (χ3n) is 9.84. The molecule has 1 N–H and O–H groups in total. The van der Waals surface area contributed by atoms with Crippen LogP contribution in [0.25, 0.3) is 0 Å². The largest absolute Gasteiger partial charge is 0.379 e. The smallest absolute Gasteiger partial charge is 0.237 e. The Kier molecular flexibility index (Phi) is 16.5. The predicted octanol–water partition coefficient (Wildman–Crippen LogP) is 11.3. The van der Waals surface area contributed by atoms with Crippen molar-refractivity contribution in [2.75, 3.05) is 11.5 Å². The van der Waals surface area contributed by atoms with Crippen molar-refractivity contribution in [3.8, 4) is 11.8 Å². The fraction of sp³-hybridized carbons (Fsp3) is 0.341. The Labute approximate surface area is 348 Å². The van der Waals surface area contributed by atoms with Crippen molar-refractivity contribution >= 4 is 76.5 Å². The molecule has 6 nitrogen and oxygen atoms in total. The van der Waals surface area contributed by atoms with Crippen LogP contribution in [0.15, 0.2) is 102 Å². The Hall–Kier alpha value is -3.42. The minimum absolute atomic E-state index is 0.0972. The van der Waals surface area contributed by atoms with Gasteiger partial charge in [0.2, 0.25) is 5.78 Å². The van der Waals surface area contributed by atoms with Gasteiger partial charge in [-0.05, 0) is 103 Å². The van der Waals surface area contributed by atoms with E-state index in [1.54, 1.807) is 91.1 Å². The van der Waals surface area contributed by atoms with Gasteiger partial charge in [0.25, 0.3) is 0 Å². The van der Waals surface area contributed by atoms with E-state index in [9.17, 15) is 19.5 Å². The van der Waals surface area contributed by atoms with E-state index in [0.29, 0.717) is 54.9 Å². The van der Waals surface area contributed by atoms with Gasteiger partial charge in [-0.3, -0.25) is 24.4 Å². The zero-order valence-electron chi connectivity index (χ0n) is 30.4. The first-order valence-corrected chi connectivity index (χ1v) is 21.2. The number of hydrogen-bond acceptors (Lipinski definition) is 8. The number of pyridine rings is 2. The highest BCUT2D eigenvalue weighted by Gasteiger charge is 2.46. The Bertz CT molecular complexity index is 2020. The average Bonchev–Trinajstić information content (AvgIpc) is 3.59. The molecule has 1 aliphatic heterocycles. The average molecular weight is 834 g/mol. The van der Waals surface area contributed by atoms with E-state index in [1.807, 2.05) is 12.1 Å². The number of aliphatic hydroxyl groups is 1. The van der Waals surface area contributed by atoms with Gasteiger partial charge in [0, 0.05) is 68.8 Å². The monoisotopic (exact) mass is 832 g/mol. The Morgan fingerprint density at radius 1 is 0.800 bits per heavy atom. The maximum atomic E-state index is 13.5. The second-order valence-corrected chi connectivity index (χ2v) is 16.3. The molecule has 0 bridgehead atoms. The van der Waals surface area contributed by atoms with E-state index in [2.05, 4.69) is 34.4 Å². The highest BCUT2D eigenvalue weighted by molar-refractivity contribution is 8.03. The van der Waals surface area contributed by atoms with Crippen LogP contribution in [-0.2, 0) is 5.60 Å². The molecule has 2 aromatic carbocycles. The Morgan fingerprint density at radius 3 is 1.98 bits per heavy atom. The van der Waals surface area contributed by atoms with Gasteiger partial charge in [-0.1, -0.05) is 91.4 Å². The first-order valence-electron chi connectivity index (χ1n) is 18.5. The molecule has 2 aromatic heterocycles. The van der Waals surface area contributed by atoms with Gasteiger partial charge in [0.15, 0.2) is 11.6 Å². The van der Waals surface area contributed by atoms with E-state index in [0.717, 1.165) is 36.2 Å². The first-order chi connectivity index (χ1) is 26.6. The number of carbonyl (C=O) groups excluding carboxylic acids is 3. The molecule has 55 heavy (non-hydrogen) atoms. The molecule has 11 heteroatoms. The van der Waals surface area contributed by atoms with Crippen LogP contribution in [0.5, 0.6) is 0 Å². The van der Waals surface area contributed by atoms with Gasteiger partial charge in [-0.2, -0.15) is 12.6 Å². The number of carbonyl (C=O) groups is 3. The molecule has 0 saturated heterocycles. The zero-order valence-corrected chi connectivity index (χ0v) is 34.3. The summed E-state index contributed by atoms with van der Waals surface area (Å²) in [4.78, 5) is 45.4. The van der Waals surface area contributed by atoms with E-state index >= 15 is 0 Å². The minimum atomic E-state index is -1.30. The molecular formula is C44H43Cl3N2O4S2. The number of thioether (sulfide) groups is 1. The van der Waals surface area contributed by atoms with Gasteiger partial charge in [0.1, 0.15) is 5.60 Å². The van der Waals surface area contributed by atoms with Crippen molar-refractivity contribution in [3.63, 3.8) is 0 Å². The molecule has 0 spiro atoms. The topological polar surface area (TPSA) is 97.2 Å². The molecule has 1 atom stereocenters. The second kappa shape index (κ2) is 21.2. The lowest BCUT2D eigenvalue weighted by Crippen LogP contribution is -2.33. The maximum absolute atomic E-state index is 13.5. The lowest BCUT2D eigenvalue weighted by Gasteiger charge is -2.28. The number of ketones is 3. The Morgan fingerprint density at radius 2 is 1.40 bits per heavy atom. The van der Waals surface area contributed by atoms with Gasteiger partial charge in [-0.15, -0.1) is 11.8 Å². The number of halogens is 3. The quantitative estimate of drug-likeness (QED) is 0.0828. The maximum Gasteiger partial charge on any atom is 0.237 e. The van der Waals surface area contributed by atoms with Gasteiger partial charge >= 0.3 is 0 Å². The molecule has 3 aliphatic rings. The lowest BCUT2D eigenvalue weighted by atomic mass is 9.79. The number of benzene rings is 2. The van der Waals surface area contributed by atoms with Gasteiger partial charge < -0.3 is 5.11 Å². The highest BCUT2D eigenvalue weighted by atomic mass is 35.5. The van der Waals surface area contributed by atoms with E-state index in [-0.39, 0.29) is 23.1 Å². The summed E-state index contributed by atoms with van der Waals surface area (Å²) in [6.07, 6.45) is 18.4. The van der Waals surface area contributed by atoms with Crippen LogP contribution in [-0.4, -0.2) is 43.9 Å². The predicted molar refractivity (Wildman–Crippen MR) is 228 cm³/mol. The van der Waals surface area contributed by atoms with Crippen molar-refractivity contribution in [1.82, 2.24) is 9.97 Å². The summed E-state index contributed by atoms with van der Waals surface area (Å²) < 4.78 is 0. The summed E-state index contributed by atoms with van der Waals surface area (Å²) in [5, 5.41) is 13.2. The van der Waals surface area contributed by atoms with E-state index < -0.39 is 5.60 Å². The molecule has 4 aromatic rings. The number of hydrogen-bond donors (Lipinski definition) is 2. The number of aromatic nitrogens is 2. The van der Waals surface area contributed by atoms with Crippen molar-refractivity contribution in [1.29, 1.82) is 0 Å². The molecule has 286 valence electrons. The van der Waals surface area contributed by atoms with Crippen LogP contribution in [0, 0.1) is 23.7 Å². The number of nitrogens with zero attached hydrogens (tertiary/aromatic N) is 2. The zero-order chi connectivity index (χ0) is 39.2. The number of Topliss-reactive ketones (excluding diaryl/α,β-unsaturated/α-hetero) is 3. The lowest BCUT2D eigenvalue weighted by molar-refractivity contribution is 0.0807. The summed E-state index contributed by atoms with van der Waals surface area (Å²) in [7, 11) is 0. The van der Waals surface area contributed by atoms with Crippen LogP contribution < -0.4 is 0 Å². The summed E-state index contributed by atoms with van der Waals surface area (Å²) in [6.45, 7) is 0. The molecule has 7 rings (SSSR count). The number of allylic oxidation sites excluding steroid dienone is 1. The molecule has 3 heterocycles. The van der Waals surface area contributed by atoms with Crippen LogP contribution in [0.2, 0.25) is 15.1 Å². The number of thiol groups is 1. The third-order valence-corrected chi connectivity index (χ3v) is 12.3. The van der Waals surface area contributed by atoms with Crippen molar-refractivity contribution in [2.24, 2.45) is 11.8 Å². The second-order valence-electron chi connectivity index (χ2n) is 13.7. The highest BCUT2D eigenvalue weighted by Crippen LogP contribution is 2.51. The summed E-state index contributed by atoms with van der Waals surface area (Å²) >= 11 is 22.9. The fourth-order valence-corrected chi connectivity index (χ4v) is 9.26. The van der Waals surface area contributed by atoms with Crippen molar-refractivity contribution < 1.29 is 19.5 Å². The summed E-state index contributed by atoms with van der Waals surface area (Å²) in [6, 6.07) is 19.0. The minimum Gasteiger partial charge on any atom is -0.379 e. The van der Waals surface area contributed by atoms with E-state index in [1.165, 1.54) is 38.5 Å². The van der Waals surface area contributed by atoms with Crippen LogP contribution >= 0.6 is 59.2 Å². The molecule has 2 aliphatic carbocycles. The molecule has 1 unspecified atom stereocenters. The summed E-state index contributed by atoms with van der Waals surface area (Å²) in [5.74, 6) is 6.90.